The smallest absolute Gasteiger partial charge is 0.347 e. The van der Waals surface area contributed by atoms with Crippen molar-refractivity contribution in [2.45, 2.75) is 6.92 Å². The van der Waals surface area contributed by atoms with Crippen molar-refractivity contribution < 1.29 is 14.3 Å². The van der Waals surface area contributed by atoms with Crippen LogP contribution in [0.4, 0.5) is 0 Å². The number of fused-ring (bicyclic) bond motifs is 1. The number of rotatable bonds is 4. The van der Waals surface area contributed by atoms with Gasteiger partial charge in [0.25, 0.3) is 5.19 Å². The molecule has 4 aromatic rings. The van der Waals surface area contributed by atoms with E-state index in [4.69, 9.17) is 26.3 Å². The number of hydrogen-bond acceptors (Lipinski definition) is 8. The SMILES string of the molecule is COc1cnc(Cl)cc1-c1cc(C)ncc1C(=O)Oc1nc2ccc(C#N)cc2s1. The molecule has 0 radical (unpaired) electrons. The summed E-state index contributed by atoms with van der Waals surface area (Å²) in [5, 5.41) is 9.48. The van der Waals surface area contributed by atoms with E-state index in [1.54, 1.807) is 30.3 Å². The first kappa shape index (κ1) is 19.8. The molecule has 0 N–H and O–H groups in total. The molecule has 0 aliphatic rings. The third-order valence-electron chi connectivity index (χ3n) is 4.28. The van der Waals surface area contributed by atoms with E-state index in [1.807, 2.05) is 6.92 Å². The molecule has 0 saturated heterocycles. The molecule has 0 spiro atoms. The van der Waals surface area contributed by atoms with Gasteiger partial charge in [0.1, 0.15) is 10.9 Å². The molecule has 0 fully saturated rings. The minimum atomic E-state index is -0.618. The minimum Gasteiger partial charge on any atom is -0.494 e. The summed E-state index contributed by atoms with van der Waals surface area (Å²) in [5.41, 5.74) is 3.25. The van der Waals surface area contributed by atoms with E-state index in [9.17, 15) is 4.79 Å². The van der Waals surface area contributed by atoms with Crippen molar-refractivity contribution in [1.82, 2.24) is 15.0 Å². The van der Waals surface area contributed by atoms with E-state index in [2.05, 4.69) is 21.0 Å². The van der Waals surface area contributed by atoms with Crippen LogP contribution < -0.4 is 9.47 Å². The van der Waals surface area contributed by atoms with Crippen LogP contribution in [-0.4, -0.2) is 28.0 Å². The number of nitriles is 1. The first-order valence-corrected chi connectivity index (χ1v) is 9.87. The highest BCUT2D eigenvalue weighted by molar-refractivity contribution is 7.20. The summed E-state index contributed by atoms with van der Waals surface area (Å²) in [6, 6.07) is 10.5. The van der Waals surface area contributed by atoms with Crippen LogP contribution in [0, 0.1) is 18.3 Å². The molecule has 0 unspecified atom stereocenters. The lowest BCUT2D eigenvalue weighted by Gasteiger charge is -2.12. The van der Waals surface area contributed by atoms with Gasteiger partial charge in [-0.25, -0.2) is 14.8 Å². The zero-order chi connectivity index (χ0) is 21.3. The van der Waals surface area contributed by atoms with Gasteiger partial charge in [-0.3, -0.25) is 4.98 Å². The number of hydrogen-bond donors (Lipinski definition) is 0. The largest absolute Gasteiger partial charge is 0.494 e. The number of aryl methyl sites for hydroxylation is 1. The summed E-state index contributed by atoms with van der Waals surface area (Å²) in [4.78, 5) is 25.5. The molecule has 3 aromatic heterocycles. The van der Waals surface area contributed by atoms with Gasteiger partial charge in [-0.2, -0.15) is 5.26 Å². The third-order valence-corrected chi connectivity index (χ3v) is 5.39. The molecule has 0 aliphatic carbocycles. The van der Waals surface area contributed by atoms with Crippen LogP contribution in [0.3, 0.4) is 0 Å². The van der Waals surface area contributed by atoms with Gasteiger partial charge in [0.2, 0.25) is 0 Å². The van der Waals surface area contributed by atoms with Crippen molar-refractivity contribution in [1.29, 1.82) is 5.26 Å². The number of thiazole rings is 1. The molecule has 30 heavy (non-hydrogen) atoms. The maximum absolute atomic E-state index is 13.0. The Morgan fingerprint density at radius 1 is 1.17 bits per heavy atom. The second kappa shape index (κ2) is 8.06. The van der Waals surface area contributed by atoms with Crippen molar-refractivity contribution in [2.75, 3.05) is 7.11 Å². The molecule has 0 amide bonds. The average Bonchev–Trinajstić information content (AvgIpc) is 3.14. The van der Waals surface area contributed by atoms with E-state index in [0.29, 0.717) is 33.7 Å². The van der Waals surface area contributed by atoms with Crippen LogP contribution >= 0.6 is 22.9 Å². The Hall–Kier alpha value is -3.54. The first-order valence-electron chi connectivity index (χ1n) is 8.68. The second-order valence-electron chi connectivity index (χ2n) is 6.24. The quantitative estimate of drug-likeness (QED) is 0.334. The van der Waals surface area contributed by atoms with Gasteiger partial charge in [0.05, 0.1) is 40.7 Å². The average molecular weight is 437 g/mol. The predicted octanol–water partition coefficient (Wildman–Crippen LogP) is 4.81. The molecule has 148 valence electrons. The number of ether oxygens (including phenoxy) is 2. The molecule has 9 heteroatoms. The summed E-state index contributed by atoms with van der Waals surface area (Å²) in [6.07, 6.45) is 2.94. The summed E-state index contributed by atoms with van der Waals surface area (Å²) in [7, 11) is 1.51. The topological polar surface area (TPSA) is 98.0 Å². The highest BCUT2D eigenvalue weighted by Gasteiger charge is 2.21. The first-order chi connectivity index (χ1) is 14.5. The Morgan fingerprint density at radius 3 is 2.77 bits per heavy atom. The standard InChI is InChI=1S/C21H13ClN4O3S/c1-11-5-13(14-7-19(22)25-10-17(14)28-2)15(9-24-11)20(27)29-21-26-16-4-3-12(8-23)6-18(16)30-21/h3-7,9-10H,1-2H3. The second-order valence-corrected chi connectivity index (χ2v) is 7.62. The number of carbonyl (C=O) groups excluding carboxylic acids is 1. The van der Waals surface area contributed by atoms with E-state index >= 15 is 0 Å². The van der Waals surface area contributed by atoms with Crippen molar-refractivity contribution in [2.24, 2.45) is 0 Å². The lowest BCUT2D eigenvalue weighted by atomic mass is 10.0. The summed E-state index contributed by atoms with van der Waals surface area (Å²) >= 11 is 7.25. The maximum atomic E-state index is 13.0. The van der Waals surface area contributed by atoms with Crippen LogP contribution in [0.2, 0.25) is 5.15 Å². The fourth-order valence-corrected chi connectivity index (χ4v) is 3.90. The molecule has 1 aromatic carbocycles. The van der Waals surface area contributed by atoms with Crippen molar-refractivity contribution in [3.63, 3.8) is 0 Å². The predicted molar refractivity (Wildman–Crippen MR) is 113 cm³/mol. The Bertz CT molecular complexity index is 1330. The van der Waals surface area contributed by atoms with Crippen molar-refractivity contribution in [3.05, 3.63) is 64.7 Å². The fourth-order valence-electron chi connectivity index (χ4n) is 2.89. The molecule has 0 bridgehead atoms. The summed E-state index contributed by atoms with van der Waals surface area (Å²) in [6.45, 7) is 1.81. The number of benzene rings is 1. The molecular weight excluding hydrogens is 424 g/mol. The maximum Gasteiger partial charge on any atom is 0.347 e. The van der Waals surface area contributed by atoms with Crippen LogP contribution in [0.5, 0.6) is 10.9 Å². The van der Waals surface area contributed by atoms with E-state index < -0.39 is 5.97 Å². The van der Waals surface area contributed by atoms with Gasteiger partial charge in [-0.15, -0.1) is 0 Å². The van der Waals surface area contributed by atoms with Gasteiger partial charge >= 0.3 is 5.97 Å². The zero-order valence-electron chi connectivity index (χ0n) is 15.8. The van der Waals surface area contributed by atoms with Gasteiger partial charge in [0, 0.05) is 23.0 Å². The van der Waals surface area contributed by atoms with E-state index in [1.165, 1.54) is 30.8 Å². The molecular formula is C21H13ClN4O3S. The highest BCUT2D eigenvalue weighted by Crippen LogP contribution is 2.35. The number of pyridine rings is 2. The number of nitrogens with zero attached hydrogens (tertiary/aromatic N) is 4. The van der Waals surface area contributed by atoms with E-state index in [0.717, 1.165) is 4.70 Å². The number of carbonyl (C=O) groups is 1. The molecule has 3 heterocycles. The Balaban J connectivity index is 1.74. The highest BCUT2D eigenvalue weighted by atomic mass is 35.5. The number of methoxy groups -OCH3 is 1. The van der Waals surface area contributed by atoms with Crippen molar-refractivity contribution in [3.8, 4) is 28.1 Å². The third kappa shape index (κ3) is 3.81. The van der Waals surface area contributed by atoms with Crippen LogP contribution in [0.1, 0.15) is 21.6 Å². The molecule has 0 saturated carbocycles. The molecule has 0 aliphatic heterocycles. The fraction of sp³-hybridized carbons (Fsp3) is 0.0952. The number of halogens is 1. The Morgan fingerprint density at radius 2 is 2.00 bits per heavy atom. The molecule has 4 rings (SSSR count). The van der Waals surface area contributed by atoms with Crippen molar-refractivity contribution >= 4 is 39.1 Å². The summed E-state index contributed by atoms with van der Waals surface area (Å²) in [5.74, 6) is -0.157. The van der Waals surface area contributed by atoms with Gasteiger partial charge in [-0.1, -0.05) is 22.9 Å². The minimum absolute atomic E-state index is 0.177. The number of esters is 1. The van der Waals surface area contributed by atoms with Gasteiger partial charge in [0.15, 0.2) is 0 Å². The van der Waals surface area contributed by atoms with E-state index in [-0.39, 0.29) is 15.9 Å². The van der Waals surface area contributed by atoms with Gasteiger partial charge in [-0.05, 0) is 37.3 Å². The Kier molecular flexibility index (Phi) is 5.31. The molecule has 0 atom stereocenters. The summed E-state index contributed by atoms with van der Waals surface area (Å²) < 4.78 is 11.7. The van der Waals surface area contributed by atoms with Crippen LogP contribution in [-0.2, 0) is 0 Å². The van der Waals surface area contributed by atoms with Crippen LogP contribution in [0.25, 0.3) is 21.3 Å². The normalized spacial score (nSPS) is 10.6. The van der Waals surface area contributed by atoms with Gasteiger partial charge < -0.3 is 9.47 Å². The molecule has 7 nitrogen and oxygen atoms in total. The zero-order valence-corrected chi connectivity index (χ0v) is 17.4. The Labute approximate surface area is 180 Å². The monoisotopic (exact) mass is 436 g/mol. The lowest BCUT2D eigenvalue weighted by Crippen LogP contribution is -2.11. The van der Waals surface area contributed by atoms with Crippen LogP contribution in [0.15, 0.2) is 42.7 Å². The lowest BCUT2D eigenvalue weighted by molar-refractivity contribution is 0.0735. The number of aromatic nitrogens is 3.